The molecular formula is C8H10N2O. The molecule has 0 unspecified atom stereocenters. The molecular weight excluding hydrogens is 140 g/mol. The van der Waals surface area contributed by atoms with E-state index in [1.807, 2.05) is 6.07 Å². The van der Waals surface area contributed by atoms with E-state index in [2.05, 4.69) is 10.3 Å². The number of aromatic nitrogens is 1. The summed E-state index contributed by atoms with van der Waals surface area (Å²) in [6.07, 6.45) is 1.73. The Morgan fingerprint density at radius 3 is 3.27 bits per heavy atom. The molecule has 0 spiro atoms. The molecule has 1 aromatic rings. The maximum atomic E-state index is 8.81. The van der Waals surface area contributed by atoms with Crippen LogP contribution in [0, 0.1) is 0 Å². The summed E-state index contributed by atoms with van der Waals surface area (Å²) < 4.78 is 0. The highest BCUT2D eigenvalue weighted by Gasteiger charge is 2.10. The summed E-state index contributed by atoms with van der Waals surface area (Å²) in [4.78, 5) is 4.21. The minimum absolute atomic E-state index is 0.0836. The third-order valence-corrected chi connectivity index (χ3v) is 1.91. The van der Waals surface area contributed by atoms with E-state index in [4.69, 9.17) is 5.11 Å². The number of nitrogens with zero attached hydrogens (tertiary/aromatic N) is 1. The molecule has 0 amide bonds. The number of hydrogen-bond donors (Lipinski definition) is 2. The van der Waals surface area contributed by atoms with Gasteiger partial charge in [-0.05, 0) is 17.2 Å². The average Bonchev–Trinajstić information content (AvgIpc) is 2.50. The van der Waals surface area contributed by atoms with Crippen LogP contribution in [0.3, 0.4) is 0 Å². The Morgan fingerprint density at radius 2 is 2.45 bits per heavy atom. The lowest BCUT2D eigenvalue weighted by atomic mass is 10.2. The molecule has 3 heteroatoms. The van der Waals surface area contributed by atoms with Crippen LogP contribution in [-0.4, -0.2) is 10.1 Å². The third-order valence-electron chi connectivity index (χ3n) is 1.91. The second kappa shape index (κ2) is 2.60. The van der Waals surface area contributed by atoms with Crippen molar-refractivity contribution in [2.45, 2.75) is 19.7 Å². The summed E-state index contributed by atoms with van der Waals surface area (Å²) in [5, 5.41) is 12.0. The number of aliphatic hydroxyl groups is 1. The van der Waals surface area contributed by atoms with Crippen molar-refractivity contribution in [3.8, 4) is 0 Å². The smallest absolute Gasteiger partial charge is 0.0696 e. The molecule has 0 bridgehead atoms. The van der Waals surface area contributed by atoms with Crippen molar-refractivity contribution in [2.24, 2.45) is 0 Å². The van der Waals surface area contributed by atoms with Crippen LogP contribution in [0.25, 0.3) is 0 Å². The van der Waals surface area contributed by atoms with Gasteiger partial charge in [-0.2, -0.15) is 0 Å². The first-order valence-corrected chi connectivity index (χ1v) is 3.68. The van der Waals surface area contributed by atoms with Crippen molar-refractivity contribution < 1.29 is 5.11 Å². The summed E-state index contributed by atoms with van der Waals surface area (Å²) in [5.41, 5.74) is 3.23. The molecule has 58 valence electrons. The van der Waals surface area contributed by atoms with Crippen LogP contribution >= 0.6 is 0 Å². The van der Waals surface area contributed by atoms with E-state index < -0.39 is 0 Å². The maximum absolute atomic E-state index is 8.81. The number of nitrogens with one attached hydrogen (secondary N) is 1. The fraction of sp³-hybridized carbons (Fsp3) is 0.375. The molecule has 2 heterocycles. The minimum atomic E-state index is 0.0836. The molecule has 11 heavy (non-hydrogen) atoms. The lowest BCUT2D eigenvalue weighted by molar-refractivity contribution is 0.281. The second-order valence-corrected chi connectivity index (χ2v) is 2.71. The van der Waals surface area contributed by atoms with Gasteiger partial charge in [0.2, 0.25) is 0 Å². The first-order valence-electron chi connectivity index (χ1n) is 3.68. The zero-order valence-corrected chi connectivity index (χ0v) is 6.17. The SMILES string of the molecule is OCc1cnc2c(c1)CNC2. The number of pyridine rings is 1. The van der Waals surface area contributed by atoms with Crippen molar-refractivity contribution in [3.05, 3.63) is 29.1 Å². The topological polar surface area (TPSA) is 45.2 Å². The normalized spacial score (nSPS) is 15.0. The lowest BCUT2D eigenvalue weighted by Crippen LogP contribution is -2.00. The van der Waals surface area contributed by atoms with Crippen molar-refractivity contribution in [1.29, 1.82) is 0 Å². The molecule has 0 atom stereocenters. The largest absolute Gasteiger partial charge is 0.392 e. The molecule has 1 aromatic heterocycles. The monoisotopic (exact) mass is 150 g/mol. The van der Waals surface area contributed by atoms with Crippen LogP contribution in [0.2, 0.25) is 0 Å². The third kappa shape index (κ3) is 1.13. The Kier molecular flexibility index (Phi) is 1.60. The summed E-state index contributed by atoms with van der Waals surface area (Å²) in [7, 11) is 0. The predicted octanol–water partition coefficient (Wildman–Crippen LogP) is 0.177. The Labute approximate surface area is 65.1 Å². The molecule has 1 aliphatic rings. The number of fused-ring (bicyclic) bond motifs is 1. The highest BCUT2D eigenvalue weighted by molar-refractivity contribution is 5.27. The van der Waals surface area contributed by atoms with Crippen LogP contribution in [-0.2, 0) is 19.7 Å². The van der Waals surface area contributed by atoms with Gasteiger partial charge in [0.15, 0.2) is 0 Å². The lowest BCUT2D eigenvalue weighted by Gasteiger charge is -1.98. The first-order chi connectivity index (χ1) is 5.40. The van der Waals surface area contributed by atoms with E-state index in [-0.39, 0.29) is 6.61 Å². The standard InChI is InChI=1S/C8H10N2O/c11-5-6-1-7-3-9-4-8(7)10-2-6/h1-2,9,11H,3-5H2. The summed E-state index contributed by atoms with van der Waals surface area (Å²) in [6.45, 7) is 1.83. The van der Waals surface area contributed by atoms with E-state index in [1.54, 1.807) is 6.20 Å². The Morgan fingerprint density at radius 1 is 1.55 bits per heavy atom. The van der Waals surface area contributed by atoms with E-state index in [0.29, 0.717) is 0 Å². The molecule has 0 fully saturated rings. The molecule has 0 saturated carbocycles. The van der Waals surface area contributed by atoms with Gasteiger partial charge >= 0.3 is 0 Å². The predicted molar refractivity (Wildman–Crippen MR) is 40.7 cm³/mol. The van der Waals surface area contributed by atoms with Crippen molar-refractivity contribution in [1.82, 2.24) is 10.3 Å². The first kappa shape index (κ1) is 6.76. The highest BCUT2D eigenvalue weighted by Crippen LogP contribution is 2.13. The van der Waals surface area contributed by atoms with Crippen molar-refractivity contribution >= 4 is 0 Å². The minimum Gasteiger partial charge on any atom is -0.392 e. The van der Waals surface area contributed by atoms with E-state index >= 15 is 0 Å². The Balaban J connectivity index is 2.41. The van der Waals surface area contributed by atoms with Crippen molar-refractivity contribution in [2.75, 3.05) is 0 Å². The zero-order valence-electron chi connectivity index (χ0n) is 6.17. The van der Waals surface area contributed by atoms with Gasteiger partial charge in [-0.15, -0.1) is 0 Å². The van der Waals surface area contributed by atoms with Crippen LogP contribution in [0.5, 0.6) is 0 Å². The second-order valence-electron chi connectivity index (χ2n) is 2.71. The van der Waals surface area contributed by atoms with Crippen LogP contribution in [0.4, 0.5) is 0 Å². The Hall–Kier alpha value is -0.930. The van der Waals surface area contributed by atoms with Crippen LogP contribution in [0.1, 0.15) is 16.8 Å². The van der Waals surface area contributed by atoms with Gasteiger partial charge < -0.3 is 10.4 Å². The van der Waals surface area contributed by atoms with Gasteiger partial charge in [0.1, 0.15) is 0 Å². The molecule has 3 nitrogen and oxygen atoms in total. The fourth-order valence-corrected chi connectivity index (χ4v) is 1.30. The molecule has 2 rings (SSSR count). The van der Waals surface area contributed by atoms with Crippen LogP contribution < -0.4 is 5.32 Å². The highest BCUT2D eigenvalue weighted by atomic mass is 16.3. The van der Waals surface area contributed by atoms with Gasteiger partial charge in [0.05, 0.1) is 12.3 Å². The van der Waals surface area contributed by atoms with Gasteiger partial charge in [-0.1, -0.05) is 0 Å². The van der Waals surface area contributed by atoms with Gasteiger partial charge in [-0.25, -0.2) is 0 Å². The Bertz CT molecular complexity index is 273. The van der Waals surface area contributed by atoms with Crippen molar-refractivity contribution in [3.63, 3.8) is 0 Å². The molecule has 0 radical (unpaired) electrons. The zero-order chi connectivity index (χ0) is 7.68. The van der Waals surface area contributed by atoms with E-state index in [1.165, 1.54) is 5.56 Å². The van der Waals surface area contributed by atoms with Gasteiger partial charge in [0, 0.05) is 19.3 Å². The number of hydrogen-bond acceptors (Lipinski definition) is 3. The molecule has 1 aliphatic heterocycles. The van der Waals surface area contributed by atoms with Gasteiger partial charge in [-0.3, -0.25) is 4.98 Å². The molecule has 0 saturated heterocycles. The number of rotatable bonds is 1. The van der Waals surface area contributed by atoms with Crippen LogP contribution in [0.15, 0.2) is 12.3 Å². The average molecular weight is 150 g/mol. The molecule has 0 aliphatic carbocycles. The van der Waals surface area contributed by atoms with Gasteiger partial charge in [0.25, 0.3) is 0 Å². The fourth-order valence-electron chi connectivity index (χ4n) is 1.30. The number of aliphatic hydroxyl groups excluding tert-OH is 1. The quantitative estimate of drug-likeness (QED) is 0.600. The van der Waals surface area contributed by atoms with E-state index in [0.717, 1.165) is 24.3 Å². The summed E-state index contributed by atoms with van der Waals surface area (Å²) in [5.74, 6) is 0. The van der Waals surface area contributed by atoms with E-state index in [9.17, 15) is 0 Å². The summed E-state index contributed by atoms with van der Waals surface area (Å²) >= 11 is 0. The summed E-state index contributed by atoms with van der Waals surface area (Å²) in [6, 6.07) is 2.00. The molecule has 2 N–H and O–H groups in total. The maximum Gasteiger partial charge on any atom is 0.0696 e. The molecule has 0 aromatic carbocycles.